The maximum atomic E-state index is 13.3. The van der Waals surface area contributed by atoms with Gasteiger partial charge in [0, 0.05) is 24.3 Å². The van der Waals surface area contributed by atoms with Gasteiger partial charge in [-0.1, -0.05) is 24.3 Å². The van der Waals surface area contributed by atoms with Crippen molar-refractivity contribution in [3.8, 4) is 0 Å². The zero-order valence-corrected chi connectivity index (χ0v) is 15.5. The molecule has 0 bridgehead atoms. The Morgan fingerprint density at radius 2 is 1.10 bits per heavy atom. The number of para-hydroxylation sites is 1. The minimum atomic E-state index is -4.18. The van der Waals surface area contributed by atoms with Crippen molar-refractivity contribution in [3.05, 3.63) is 72.8 Å². The van der Waals surface area contributed by atoms with Gasteiger partial charge in [0.05, 0.1) is 21.2 Å². The van der Waals surface area contributed by atoms with Gasteiger partial charge in [-0.05, 0) is 24.3 Å². The SMILES string of the molecule is O=C1C=CC(=O)N1c1cccc(S(=O)(=O)c2ccccc2)c1N1C(=O)C=CC1=O. The van der Waals surface area contributed by atoms with Gasteiger partial charge in [0.1, 0.15) is 0 Å². The molecule has 8 nitrogen and oxygen atoms in total. The summed E-state index contributed by atoms with van der Waals surface area (Å²) in [7, 11) is -4.18. The van der Waals surface area contributed by atoms with E-state index in [2.05, 4.69) is 0 Å². The summed E-state index contributed by atoms with van der Waals surface area (Å²) >= 11 is 0. The lowest BCUT2D eigenvalue weighted by Crippen LogP contribution is -2.36. The minimum absolute atomic E-state index is 0.0670. The third-order valence-corrected chi connectivity index (χ3v) is 6.20. The molecule has 2 heterocycles. The van der Waals surface area contributed by atoms with Crippen LogP contribution in [0.3, 0.4) is 0 Å². The number of hydrogen-bond donors (Lipinski definition) is 0. The number of imide groups is 2. The predicted octanol–water partition coefficient (Wildman–Crippen LogP) is 1.38. The predicted molar refractivity (Wildman–Crippen MR) is 102 cm³/mol. The van der Waals surface area contributed by atoms with E-state index in [-0.39, 0.29) is 21.2 Å². The van der Waals surface area contributed by atoms with Gasteiger partial charge in [-0.25, -0.2) is 18.2 Å². The van der Waals surface area contributed by atoms with Crippen molar-refractivity contribution in [2.24, 2.45) is 0 Å². The molecule has 0 aliphatic carbocycles. The van der Waals surface area contributed by atoms with Crippen LogP contribution in [0.5, 0.6) is 0 Å². The molecule has 2 aliphatic rings. The first-order valence-electron chi connectivity index (χ1n) is 8.38. The van der Waals surface area contributed by atoms with E-state index in [1.165, 1.54) is 42.5 Å². The molecule has 9 heteroatoms. The zero-order valence-electron chi connectivity index (χ0n) is 14.7. The molecule has 0 saturated carbocycles. The van der Waals surface area contributed by atoms with Crippen LogP contribution < -0.4 is 9.80 Å². The smallest absolute Gasteiger partial charge is 0.258 e. The van der Waals surface area contributed by atoms with Crippen LogP contribution in [-0.4, -0.2) is 32.0 Å². The van der Waals surface area contributed by atoms with Crippen LogP contribution in [0.4, 0.5) is 11.4 Å². The molecule has 0 radical (unpaired) electrons. The van der Waals surface area contributed by atoms with Crippen LogP contribution in [0.25, 0.3) is 0 Å². The first kappa shape index (κ1) is 18.5. The number of sulfone groups is 1. The lowest BCUT2D eigenvalue weighted by atomic mass is 10.2. The highest BCUT2D eigenvalue weighted by atomic mass is 32.2. The van der Waals surface area contributed by atoms with Crippen LogP contribution in [0.2, 0.25) is 0 Å². The molecule has 29 heavy (non-hydrogen) atoms. The van der Waals surface area contributed by atoms with Crippen LogP contribution in [0.15, 0.2) is 82.6 Å². The number of carbonyl (C=O) groups excluding carboxylic acids is 4. The van der Waals surface area contributed by atoms with Gasteiger partial charge in [0.2, 0.25) is 9.84 Å². The second-order valence-electron chi connectivity index (χ2n) is 6.13. The van der Waals surface area contributed by atoms with Gasteiger partial charge >= 0.3 is 0 Å². The second kappa shape index (κ2) is 6.64. The summed E-state index contributed by atoms with van der Waals surface area (Å²) in [4.78, 5) is 50.0. The van der Waals surface area contributed by atoms with Crippen LogP contribution in [0.1, 0.15) is 0 Å². The lowest BCUT2D eigenvalue weighted by molar-refractivity contribution is -0.122. The number of nitrogens with zero attached hydrogens (tertiary/aromatic N) is 2. The highest BCUT2D eigenvalue weighted by molar-refractivity contribution is 7.91. The molecular formula is C20H12N2O6S. The summed E-state index contributed by atoms with van der Waals surface area (Å²) < 4.78 is 26.6. The topological polar surface area (TPSA) is 109 Å². The third kappa shape index (κ3) is 2.88. The van der Waals surface area contributed by atoms with Crippen molar-refractivity contribution < 1.29 is 27.6 Å². The Morgan fingerprint density at radius 3 is 1.66 bits per heavy atom. The standard InChI is InChI=1S/C20H12N2O6S/c23-16-9-10-17(24)21(16)14-7-4-8-15(20(14)22-18(25)11-12-19(22)26)29(27,28)13-5-2-1-3-6-13/h1-12H. The first-order chi connectivity index (χ1) is 13.8. The Bertz CT molecular complexity index is 1210. The molecule has 0 unspecified atom stereocenters. The maximum Gasteiger partial charge on any atom is 0.258 e. The average molecular weight is 408 g/mol. The fraction of sp³-hybridized carbons (Fsp3) is 0. The van der Waals surface area contributed by atoms with Crippen molar-refractivity contribution in [3.63, 3.8) is 0 Å². The Hall–Kier alpha value is -3.85. The maximum absolute atomic E-state index is 13.3. The minimum Gasteiger partial charge on any atom is -0.269 e. The largest absolute Gasteiger partial charge is 0.269 e. The summed E-state index contributed by atoms with van der Waals surface area (Å²) in [6.45, 7) is 0. The van der Waals surface area contributed by atoms with Gasteiger partial charge in [-0.2, -0.15) is 0 Å². The number of hydrogen-bond acceptors (Lipinski definition) is 6. The molecule has 144 valence electrons. The summed E-state index contributed by atoms with van der Waals surface area (Å²) in [6, 6.07) is 11.3. The summed E-state index contributed by atoms with van der Waals surface area (Å²) in [5, 5.41) is 0. The number of rotatable bonds is 4. The van der Waals surface area contributed by atoms with Crippen molar-refractivity contribution >= 4 is 44.8 Å². The lowest BCUT2D eigenvalue weighted by Gasteiger charge is -2.25. The van der Waals surface area contributed by atoms with E-state index in [4.69, 9.17) is 0 Å². The van der Waals surface area contributed by atoms with E-state index in [1.807, 2.05) is 0 Å². The van der Waals surface area contributed by atoms with Crippen molar-refractivity contribution in [2.75, 3.05) is 9.80 Å². The molecule has 0 N–H and O–H groups in total. The van der Waals surface area contributed by atoms with E-state index in [0.29, 0.717) is 4.90 Å². The molecule has 0 fully saturated rings. The third-order valence-electron chi connectivity index (χ3n) is 4.40. The zero-order chi connectivity index (χ0) is 20.8. The van der Waals surface area contributed by atoms with E-state index < -0.39 is 33.5 Å². The van der Waals surface area contributed by atoms with Crippen molar-refractivity contribution in [1.82, 2.24) is 0 Å². The summed E-state index contributed by atoms with van der Waals surface area (Å²) in [6.07, 6.45) is 4.03. The molecule has 2 aromatic carbocycles. The number of carbonyl (C=O) groups is 4. The van der Waals surface area contributed by atoms with E-state index >= 15 is 0 Å². The molecule has 0 spiro atoms. The molecule has 0 saturated heterocycles. The highest BCUT2D eigenvalue weighted by Crippen LogP contribution is 2.40. The normalized spacial score (nSPS) is 16.4. The second-order valence-corrected chi connectivity index (χ2v) is 8.05. The van der Waals surface area contributed by atoms with E-state index in [9.17, 15) is 27.6 Å². The van der Waals surface area contributed by atoms with E-state index in [0.717, 1.165) is 29.2 Å². The molecule has 4 amide bonds. The van der Waals surface area contributed by atoms with Gasteiger partial charge in [0.25, 0.3) is 23.6 Å². The summed E-state index contributed by atoms with van der Waals surface area (Å²) in [5.41, 5.74) is -0.519. The monoisotopic (exact) mass is 408 g/mol. The van der Waals surface area contributed by atoms with Gasteiger partial charge in [0.15, 0.2) is 0 Å². The molecule has 2 aliphatic heterocycles. The van der Waals surface area contributed by atoms with Gasteiger partial charge in [-0.15, -0.1) is 0 Å². The molecular weight excluding hydrogens is 396 g/mol. The number of amides is 4. The number of benzene rings is 2. The number of anilines is 2. The van der Waals surface area contributed by atoms with Crippen LogP contribution in [0, 0.1) is 0 Å². The Kier molecular flexibility index (Phi) is 4.24. The fourth-order valence-corrected chi connectivity index (χ4v) is 4.60. The van der Waals surface area contributed by atoms with Crippen LogP contribution >= 0.6 is 0 Å². The fourth-order valence-electron chi connectivity index (χ4n) is 3.12. The molecule has 2 aromatic rings. The Labute approximate surface area is 165 Å². The van der Waals surface area contributed by atoms with Gasteiger partial charge < -0.3 is 0 Å². The average Bonchev–Trinajstić information content (AvgIpc) is 3.22. The Balaban J connectivity index is 2.01. The quantitative estimate of drug-likeness (QED) is 0.707. The molecule has 4 rings (SSSR count). The summed E-state index contributed by atoms with van der Waals surface area (Å²) in [5.74, 6) is -2.98. The first-order valence-corrected chi connectivity index (χ1v) is 9.86. The van der Waals surface area contributed by atoms with Crippen molar-refractivity contribution in [1.29, 1.82) is 0 Å². The highest BCUT2D eigenvalue weighted by Gasteiger charge is 2.38. The molecule has 0 atom stereocenters. The molecule has 0 aromatic heterocycles. The van der Waals surface area contributed by atoms with E-state index in [1.54, 1.807) is 6.07 Å². The van der Waals surface area contributed by atoms with Crippen molar-refractivity contribution in [2.45, 2.75) is 9.79 Å². The van der Waals surface area contributed by atoms with Gasteiger partial charge in [-0.3, -0.25) is 19.2 Å². The van der Waals surface area contributed by atoms with Crippen LogP contribution in [-0.2, 0) is 29.0 Å². The Morgan fingerprint density at radius 1 is 0.586 bits per heavy atom.